The predicted octanol–water partition coefficient (Wildman–Crippen LogP) is 2.80. The maximum Gasteiger partial charge on any atom is -0.00207 e. The third-order valence-electron chi connectivity index (χ3n) is 3.22. The summed E-state index contributed by atoms with van der Waals surface area (Å²) in [6, 6.07) is 0. The average Bonchev–Trinajstić information content (AvgIpc) is 1.87. The zero-order valence-electron chi connectivity index (χ0n) is 8.70. The molecule has 11 heavy (non-hydrogen) atoms. The maximum absolute atomic E-state index is 5.72. The molecular weight excluding hydrogens is 134 g/mol. The highest BCUT2D eigenvalue weighted by Crippen LogP contribution is 2.40. The first-order chi connectivity index (χ1) is 4.87. The zero-order chi connectivity index (χ0) is 9.12. The van der Waals surface area contributed by atoms with E-state index in [0.29, 0.717) is 5.41 Å². The monoisotopic (exact) mass is 157 g/mol. The predicted molar refractivity (Wildman–Crippen MR) is 51.5 cm³/mol. The Bertz CT molecular complexity index is 114. The fourth-order valence-electron chi connectivity index (χ4n) is 1.24. The standard InChI is InChI=1S/C10H23N/c1-6-7-9(2,3)10(4,5)8-11/h6-8,11H2,1-5H3. The van der Waals surface area contributed by atoms with Gasteiger partial charge in [0, 0.05) is 0 Å². The van der Waals surface area contributed by atoms with Crippen molar-refractivity contribution in [2.75, 3.05) is 6.54 Å². The molecule has 0 aliphatic heterocycles. The van der Waals surface area contributed by atoms with Crippen LogP contribution < -0.4 is 5.73 Å². The minimum absolute atomic E-state index is 0.267. The Balaban J connectivity index is 4.26. The molecular formula is C10H23N. The second-order valence-electron chi connectivity index (χ2n) is 4.72. The molecule has 2 N–H and O–H groups in total. The van der Waals surface area contributed by atoms with Crippen LogP contribution in [-0.2, 0) is 0 Å². The first-order valence-electron chi connectivity index (χ1n) is 4.57. The summed E-state index contributed by atoms with van der Waals surface area (Å²) in [5.41, 5.74) is 6.36. The van der Waals surface area contributed by atoms with Crippen LogP contribution in [0.15, 0.2) is 0 Å². The molecule has 0 aromatic carbocycles. The molecule has 1 heteroatoms. The van der Waals surface area contributed by atoms with Crippen molar-refractivity contribution in [1.29, 1.82) is 0 Å². The lowest BCUT2D eigenvalue weighted by Crippen LogP contribution is -2.38. The molecule has 0 fully saturated rings. The van der Waals surface area contributed by atoms with Crippen LogP contribution in [0, 0.1) is 10.8 Å². The van der Waals surface area contributed by atoms with E-state index in [0.717, 1.165) is 6.54 Å². The van der Waals surface area contributed by atoms with Gasteiger partial charge in [-0.15, -0.1) is 0 Å². The van der Waals surface area contributed by atoms with Gasteiger partial charge in [-0.1, -0.05) is 41.0 Å². The number of nitrogens with two attached hydrogens (primary N) is 1. The lowest BCUT2D eigenvalue weighted by molar-refractivity contribution is 0.107. The van der Waals surface area contributed by atoms with Gasteiger partial charge < -0.3 is 5.73 Å². The van der Waals surface area contributed by atoms with E-state index in [4.69, 9.17) is 5.73 Å². The Morgan fingerprint density at radius 3 is 1.73 bits per heavy atom. The van der Waals surface area contributed by atoms with Crippen molar-refractivity contribution >= 4 is 0 Å². The SMILES string of the molecule is CCCC(C)(C)C(C)(C)CN. The van der Waals surface area contributed by atoms with Crippen LogP contribution in [-0.4, -0.2) is 6.54 Å². The highest BCUT2D eigenvalue weighted by molar-refractivity contribution is 4.86. The van der Waals surface area contributed by atoms with E-state index in [-0.39, 0.29) is 5.41 Å². The molecule has 0 aromatic rings. The van der Waals surface area contributed by atoms with E-state index in [1.807, 2.05) is 0 Å². The van der Waals surface area contributed by atoms with E-state index in [1.54, 1.807) is 0 Å². The summed E-state index contributed by atoms with van der Waals surface area (Å²) in [5.74, 6) is 0. The van der Waals surface area contributed by atoms with Gasteiger partial charge in [0.1, 0.15) is 0 Å². The van der Waals surface area contributed by atoms with Gasteiger partial charge in [-0.3, -0.25) is 0 Å². The van der Waals surface area contributed by atoms with E-state index >= 15 is 0 Å². The summed E-state index contributed by atoms with van der Waals surface area (Å²) in [5, 5.41) is 0. The molecule has 0 rings (SSSR count). The van der Waals surface area contributed by atoms with E-state index < -0.39 is 0 Å². The first kappa shape index (κ1) is 11.0. The van der Waals surface area contributed by atoms with Crippen LogP contribution in [0.3, 0.4) is 0 Å². The smallest absolute Gasteiger partial charge is 0.00207 e. The second-order valence-corrected chi connectivity index (χ2v) is 4.72. The van der Waals surface area contributed by atoms with Crippen molar-refractivity contribution in [3.05, 3.63) is 0 Å². The Hall–Kier alpha value is -0.0400. The quantitative estimate of drug-likeness (QED) is 0.667. The maximum atomic E-state index is 5.72. The van der Waals surface area contributed by atoms with Crippen LogP contribution in [0.2, 0.25) is 0 Å². The van der Waals surface area contributed by atoms with E-state index in [9.17, 15) is 0 Å². The van der Waals surface area contributed by atoms with E-state index in [2.05, 4.69) is 34.6 Å². The zero-order valence-corrected chi connectivity index (χ0v) is 8.70. The lowest BCUT2D eigenvalue weighted by atomic mass is 9.66. The Morgan fingerprint density at radius 1 is 1.00 bits per heavy atom. The summed E-state index contributed by atoms with van der Waals surface area (Å²) >= 11 is 0. The van der Waals surface area contributed by atoms with E-state index in [1.165, 1.54) is 12.8 Å². The number of hydrogen-bond acceptors (Lipinski definition) is 1. The number of rotatable bonds is 4. The fourth-order valence-corrected chi connectivity index (χ4v) is 1.24. The average molecular weight is 157 g/mol. The van der Waals surface area contributed by atoms with Crippen LogP contribution in [0.25, 0.3) is 0 Å². The minimum atomic E-state index is 0.267. The summed E-state index contributed by atoms with van der Waals surface area (Å²) in [6.45, 7) is 12.1. The summed E-state index contributed by atoms with van der Waals surface area (Å²) in [7, 11) is 0. The van der Waals surface area contributed by atoms with Gasteiger partial charge >= 0.3 is 0 Å². The topological polar surface area (TPSA) is 26.0 Å². The van der Waals surface area contributed by atoms with Crippen molar-refractivity contribution in [2.24, 2.45) is 16.6 Å². The van der Waals surface area contributed by atoms with Crippen molar-refractivity contribution in [2.45, 2.75) is 47.5 Å². The second kappa shape index (κ2) is 3.57. The van der Waals surface area contributed by atoms with Crippen LogP contribution >= 0.6 is 0 Å². The molecule has 0 atom stereocenters. The van der Waals surface area contributed by atoms with Gasteiger partial charge in [-0.05, 0) is 23.8 Å². The summed E-state index contributed by atoms with van der Waals surface area (Å²) in [4.78, 5) is 0. The molecule has 0 radical (unpaired) electrons. The molecule has 0 unspecified atom stereocenters. The van der Waals surface area contributed by atoms with Crippen LogP contribution in [0.4, 0.5) is 0 Å². The molecule has 0 saturated carbocycles. The molecule has 1 nitrogen and oxygen atoms in total. The molecule has 0 aliphatic rings. The van der Waals surface area contributed by atoms with Gasteiger partial charge in [-0.2, -0.15) is 0 Å². The third-order valence-corrected chi connectivity index (χ3v) is 3.22. The van der Waals surface area contributed by atoms with Crippen LogP contribution in [0.5, 0.6) is 0 Å². The van der Waals surface area contributed by atoms with Crippen molar-refractivity contribution in [1.82, 2.24) is 0 Å². The van der Waals surface area contributed by atoms with Crippen molar-refractivity contribution in [3.8, 4) is 0 Å². The first-order valence-corrected chi connectivity index (χ1v) is 4.57. The molecule has 0 aromatic heterocycles. The molecule has 0 aliphatic carbocycles. The van der Waals surface area contributed by atoms with Gasteiger partial charge in [0.05, 0.1) is 0 Å². The Kier molecular flexibility index (Phi) is 3.56. The summed E-state index contributed by atoms with van der Waals surface area (Å²) < 4.78 is 0. The van der Waals surface area contributed by atoms with Crippen LogP contribution in [0.1, 0.15) is 47.5 Å². The minimum Gasteiger partial charge on any atom is -0.330 e. The van der Waals surface area contributed by atoms with Gasteiger partial charge in [-0.25, -0.2) is 0 Å². The molecule has 0 spiro atoms. The Morgan fingerprint density at radius 2 is 1.45 bits per heavy atom. The number of hydrogen-bond donors (Lipinski definition) is 1. The fraction of sp³-hybridized carbons (Fsp3) is 1.00. The Labute approximate surface area is 71.4 Å². The molecule has 0 bridgehead atoms. The third kappa shape index (κ3) is 2.48. The molecule has 0 amide bonds. The molecule has 0 saturated heterocycles. The molecule has 0 heterocycles. The van der Waals surface area contributed by atoms with Gasteiger partial charge in [0.15, 0.2) is 0 Å². The molecule has 68 valence electrons. The van der Waals surface area contributed by atoms with Crippen molar-refractivity contribution in [3.63, 3.8) is 0 Å². The summed E-state index contributed by atoms with van der Waals surface area (Å²) in [6.07, 6.45) is 2.51. The highest BCUT2D eigenvalue weighted by Gasteiger charge is 2.34. The largest absolute Gasteiger partial charge is 0.330 e. The normalized spacial score (nSPS) is 13.6. The lowest BCUT2D eigenvalue weighted by Gasteiger charge is -2.41. The van der Waals surface area contributed by atoms with Gasteiger partial charge in [0.25, 0.3) is 0 Å². The van der Waals surface area contributed by atoms with Crippen molar-refractivity contribution < 1.29 is 0 Å². The highest BCUT2D eigenvalue weighted by atomic mass is 14.6. The van der Waals surface area contributed by atoms with Gasteiger partial charge in [0.2, 0.25) is 0 Å².